The van der Waals surface area contributed by atoms with Crippen LogP contribution in [0.4, 0.5) is 5.69 Å². The van der Waals surface area contributed by atoms with Gasteiger partial charge in [0.05, 0.1) is 4.90 Å². The van der Waals surface area contributed by atoms with Crippen LogP contribution in [0.1, 0.15) is 19.3 Å². The molecule has 2 rings (SSSR count). The van der Waals surface area contributed by atoms with E-state index in [1.54, 1.807) is 12.1 Å². The van der Waals surface area contributed by atoms with Gasteiger partial charge < -0.3 is 5.32 Å². The zero-order valence-corrected chi connectivity index (χ0v) is 12.9. The summed E-state index contributed by atoms with van der Waals surface area (Å²) < 4.78 is 25.1. The molecular weight excluding hydrogens is 272 g/mol. The van der Waals surface area contributed by atoms with E-state index in [9.17, 15) is 8.42 Å². The van der Waals surface area contributed by atoms with Gasteiger partial charge in [-0.15, -0.1) is 0 Å². The highest BCUT2D eigenvalue weighted by Gasteiger charge is 2.16. The summed E-state index contributed by atoms with van der Waals surface area (Å²) in [5, 5.41) is 3.38. The van der Waals surface area contributed by atoms with E-state index in [-0.39, 0.29) is 0 Å². The van der Waals surface area contributed by atoms with Crippen LogP contribution in [0.5, 0.6) is 0 Å². The second kappa shape index (κ2) is 6.41. The Hall–Kier alpha value is -1.33. The number of benzene rings is 1. The minimum Gasteiger partial charge on any atom is -0.385 e. The third-order valence-electron chi connectivity index (χ3n) is 3.61. The largest absolute Gasteiger partial charge is 0.385 e. The molecule has 0 saturated carbocycles. The third kappa shape index (κ3) is 3.61. The van der Waals surface area contributed by atoms with Gasteiger partial charge >= 0.3 is 0 Å². The lowest BCUT2D eigenvalue weighted by atomic mass is 9.94. The van der Waals surface area contributed by atoms with Crippen LogP contribution in [-0.4, -0.2) is 33.4 Å². The van der Waals surface area contributed by atoms with Gasteiger partial charge in [-0.25, -0.2) is 12.7 Å². The van der Waals surface area contributed by atoms with Gasteiger partial charge in [-0.1, -0.05) is 12.2 Å². The molecule has 1 aliphatic rings. The number of sulfonamides is 1. The molecule has 1 unspecified atom stereocenters. The van der Waals surface area contributed by atoms with Gasteiger partial charge in [0.15, 0.2) is 0 Å². The van der Waals surface area contributed by atoms with Crippen molar-refractivity contribution in [1.29, 1.82) is 0 Å². The van der Waals surface area contributed by atoms with Gasteiger partial charge in [0, 0.05) is 26.3 Å². The SMILES string of the molecule is CN(C)S(=O)(=O)c1ccc(NCC2CC=CCC2)cc1. The first-order valence-electron chi connectivity index (χ1n) is 6.91. The second-order valence-electron chi connectivity index (χ2n) is 5.34. The number of rotatable bonds is 5. The Balaban J connectivity index is 1.96. The molecule has 1 atom stereocenters. The fraction of sp³-hybridized carbons (Fsp3) is 0.467. The van der Waals surface area contributed by atoms with Crippen LogP contribution in [0.2, 0.25) is 0 Å². The Morgan fingerprint density at radius 3 is 2.45 bits per heavy atom. The molecule has 0 fully saturated rings. The van der Waals surface area contributed by atoms with Crippen molar-refractivity contribution in [2.45, 2.75) is 24.2 Å². The van der Waals surface area contributed by atoms with Crippen LogP contribution in [0, 0.1) is 5.92 Å². The molecule has 1 aliphatic carbocycles. The summed E-state index contributed by atoms with van der Waals surface area (Å²) in [7, 11) is -0.253. The van der Waals surface area contributed by atoms with E-state index in [0.29, 0.717) is 10.8 Å². The van der Waals surface area contributed by atoms with E-state index in [4.69, 9.17) is 0 Å². The first kappa shape index (κ1) is 15.1. The molecule has 0 saturated heterocycles. The fourth-order valence-electron chi connectivity index (χ4n) is 2.26. The number of allylic oxidation sites excluding steroid dienone is 2. The van der Waals surface area contributed by atoms with E-state index in [0.717, 1.165) is 25.1 Å². The van der Waals surface area contributed by atoms with Crippen molar-refractivity contribution >= 4 is 15.7 Å². The highest BCUT2D eigenvalue weighted by Crippen LogP contribution is 2.20. The smallest absolute Gasteiger partial charge is 0.242 e. The average Bonchev–Trinajstić information content (AvgIpc) is 2.46. The van der Waals surface area contributed by atoms with Gasteiger partial charge in [0.25, 0.3) is 0 Å². The molecular formula is C15H22N2O2S. The summed E-state index contributed by atoms with van der Waals surface area (Å²) in [5.74, 6) is 0.671. The van der Waals surface area contributed by atoms with E-state index >= 15 is 0 Å². The number of hydrogen-bond acceptors (Lipinski definition) is 3. The topological polar surface area (TPSA) is 49.4 Å². The van der Waals surface area contributed by atoms with Crippen molar-refractivity contribution < 1.29 is 8.42 Å². The van der Waals surface area contributed by atoms with Crippen LogP contribution in [0.15, 0.2) is 41.3 Å². The molecule has 0 spiro atoms. The molecule has 110 valence electrons. The summed E-state index contributed by atoms with van der Waals surface area (Å²) in [4.78, 5) is 0.327. The zero-order chi connectivity index (χ0) is 14.6. The Kier molecular flexibility index (Phi) is 4.83. The molecule has 0 radical (unpaired) electrons. The van der Waals surface area contributed by atoms with Crippen molar-refractivity contribution in [2.24, 2.45) is 5.92 Å². The standard InChI is InChI=1S/C15H22N2O2S/c1-17(2)20(18,19)15-10-8-14(9-11-15)16-12-13-6-4-3-5-7-13/h3-4,8-11,13,16H,5-7,12H2,1-2H3. The van der Waals surface area contributed by atoms with Gasteiger partial charge in [-0.2, -0.15) is 0 Å². The lowest BCUT2D eigenvalue weighted by molar-refractivity contribution is 0.504. The summed E-state index contributed by atoms with van der Waals surface area (Å²) in [6.07, 6.45) is 7.98. The molecule has 1 N–H and O–H groups in total. The van der Waals surface area contributed by atoms with Crippen molar-refractivity contribution in [3.8, 4) is 0 Å². The highest BCUT2D eigenvalue weighted by molar-refractivity contribution is 7.89. The van der Waals surface area contributed by atoms with Gasteiger partial charge in [0.1, 0.15) is 0 Å². The maximum Gasteiger partial charge on any atom is 0.242 e. The van der Waals surface area contributed by atoms with E-state index in [1.165, 1.54) is 24.8 Å². The maximum atomic E-state index is 11.9. The van der Waals surface area contributed by atoms with Crippen LogP contribution < -0.4 is 5.32 Å². The maximum absolute atomic E-state index is 11.9. The number of hydrogen-bond donors (Lipinski definition) is 1. The molecule has 0 heterocycles. The zero-order valence-electron chi connectivity index (χ0n) is 12.0. The van der Waals surface area contributed by atoms with E-state index in [2.05, 4.69) is 17.5 Å². The second-order valence-corrected chi connectivity index (χ2v) is 7.50. The first-order valence-corrected chi connectivity index (χ1v) is 8.35. The Morgan fingerprint density at radius 1 is 1.20 bits per heavy atom. The summed E-state index contributed by atoms with van der Waals surface area (Å²) in [5.41, 5.74) is 0.970. The monoisotopic (exact) mass is 294 g/mol. The molecule has 0 amide bonds. The van der Waals surface area contributed by atoms with Crippen molar-refractivity contribution in [3.63, 3.8) is 0 Å². The molecule has 0 bridgehead atoms. The average molecular weight is 294 g/mol. The van der Waals surface area contributed by atoms with Crippen LogP contribution in [-0.2, 0) is 10.0 Å². The van der Waals surface area contributed by atoms with Crippen LogP contribution in [0.3, 0.4) is 0 Å². The molecule has 1 aromatic carbocycles. The fourth-order valence-corrected chi connectivity index (χ4v) is 3.16. The van der Waals surface area contributed by atoms with Gasteiger partial charge in [-0.05, 0) is 49.4 Å². The molecule has 0 aliphatic heterocycles. The van der Waals surface area contributed by atoms with Gasteiger partial charge in [-0.3, -0.25) is 0 Å². The number of anilines is 1. The van der Waals surface area contributed by atoms with E-state index < -0.39 is 10.0 Å². The minimum atomic E-state index is -3.33. The van der Waals surface area contributed by atoms with Crippen molar-refractivity contribution in [2.75, 3.05) is 26.0 Å². The summed E-state index contributed by atoms with van der Waals surface area (Å²) in [6, 6.07) is 6.96. The molecule has 20 heavy (non-hydrogen) atoms. The third-order valence-corrected chi connectivity index (χ3v) is 5.43. The quantitative estimate of drug-likeness (QED) is 0.850. The predicted octanol–water partition coefficient (Wildman–Crippen LogP) is 2.71. The molecule has 0 aromatic heterocycles. The molecule has 5 heteroatoms. The molecule has 1 aromatic rings. The highest BCUT2D eigenvalue weighted by atomic mass is 32.2. The Morgan fingerprint density at radius 2 is 1.90 bits per heavy atom. The lowest BCUT2D eigenvalue weighted by Gasteiger charge is -2.19. The summed E-state index contributed by atoms with van der Waals surface area (Å²) >= 11 is 0. The van der Waals surface area contributed by atoms with Crippen molar-refractivity contribution in [3.05, 3.63) is 36.4 Å². The minimum absolute atomic E-state index is 0.327. The molecule has 4 nitrogen and oxygen atoms in total. The lowest BCUT2D eigenvalue weighted by Crippen LogP contribution is -2.22. The number of nitrogens with zero attached hydrogens (tertiary/aromatic N) is 1. The summed E-state index contributed by atoms with van der Waals surface area (Å²) in [6.45, 7) is 0.935. The Bertz CT molecular complexity index is 562. The number of nitrogens with one attached hydrogen (secondary N) is 1. The Labute approximate surface area is 121 Å². The van der Waals surface area contributed by atoms with Crippen molar-refractivity contribution in [1.82, 2.24) is 4.31 Å². The first-order chi connectivity index (χ1) is 9.50. The normalized spacial score (nSPS) is 19.2. The van der Waals surface area contributed by atoms with E-state index in [1.807, 2.05) is 12.1 Å². The predicted molar refractivity (Wildman–Crippen MR) is 82.3 cm³/mol. The van der Waals surface area contributed by atoms with Crippen LogP contribution >= 0.6 is 0 Å². The van der Waals surface area contributed by atoms with Crippen LogP contribution in [0.25, 0.3) is 0 Å². The van der Waals surface area contributed by atoms with Gasteiger partial charge in [0.2, 0.25) is 10.0 Å².